The van der Waals surface area contributed by atoms with Gasteiger partial charge in [0.1, 0.15) is 0 Å². The van der Waals surface area contributed by atoms with Crippen molar-refractivity contribution in [2.45, 2.75) is 20.8 Å². The maximum absolute atomic E-state index is 5.86. The van der Waals surface area contributed by atoms with Crippen LogP contribution in [0.2, 0.25) is 0 Å². The molecule has 0 aliphatic rings. The zero-order valence-electron chi connectivity index (χ0n) is 9.91. The standard InChI is InChI=1S/C14H16N2/c1-9-4-5-12(6-10(9)2)13-7-14(15)11(3)16-8-13/h4-8H,15H2,1-3H3. The molecule has 1 aromatic heterocycles. The van der Waals surface area contributed by atoms with Gasteiger partial charge < -0.3 is 5.73 Å². The zero-order valence-corrected chi connectivity index (χ0v) is 9.91. The number of anilines is 1. The quantitative estimate of drug-likeness (QED) is 0.788. The fourth-order valence-corrected chi connectivity index (χ4v) is 1.63. The minimum absolute atomic E-state index is 0.746. The van der Waals surface area contributed by atoms with E-state index in [0.29, 0.717) is 0 Å². The maximum Gasteiger partial charge on any atom is 0.0602 e. The molecular weight excluding hydrogens is 196 g/mol. The van der Waals surface area contributed by atoms with Crippen molar-refractivity contribution in [3.05, 3.63) is 47.3 Å². The first-order valence-corrected chi connectivity index (χ1v) is 5.37. The van der Waals surface area contributed by atoms with E-state index < -0.39 is 0 Å². The maximum atomic E-state index is 5.86. The second-order valence-electron chi connectivity index (χ2n) is 4.20. The number of hydrogen-bond donors (Lipinski definition) is 1. The van der Waals surface area contributed by atoms with Gasteiger partial charge in [0, 0.05) is 11.8 Å². The molecule has 2 heteroatoms. The predicted molar refractivity (Wildman–Crippen MR) is 68.3 cm³/mol. The molecule has 0 spiro atoms. The number of nitrogens with two attached hydrogens (primary N) is 1. The summed E-state index contributed by atoms with van der Waals surface area (Å²) in [4.78, 5) is 4.28. The third-order valence-corrected chi connectivity index (χ3v) is 2.97. The first kappa shape index (κ1) is 10.7. The van der Waals surface area contributed by atoms with E-state index in [1.165, 1.54) is 16.7 Å². The number of pyridine rings is 1. The number of aromatic nitrogens is 1. The first-order valence-electron chi connectivity index (χ1n) is 5.37. The molecule has 2 aromatic rings. The lowest BCUT2D eigenvalue weighted by molar-refractivity contribution is 1.21. The van der Waals surface area contributed by atoms with E-state index in [1.54, 1.807) is 0 Å². The lowest BCUT2D eigenvalue weighted by Gasteiger charge is -2.07. The highest BCUT2D eigenvalue weighted by atomic mass is 14.7. The molecule has 0 saturated carbocycles. The second kappa shape index (κ2) is 3.97. The van der Waals surface area contributed by atoms with E-state index in [-0.39, 0.29) is 0 Å². The Labute approximate surface area is 96.1 Å². The van der Waals surface area contributed by atoms with Crippen LogP contribution in [0.1, 0.15) is 16.8 Å². The number of nitrogens with zero attached hydrogens (tertiary/aromatic N) is 1. The molecule has 2 rings (SSSR count). The summed E-state index contributed by atoms with van der Waals surface area (Å²) in [5, 5.41) is 0. The van der Waals surface area contributed by atoms with Gasteiger partial charge >= 0.3 is 0 Å². The van der Waals surface area contributed by atoms with Crippen LogP contribution in [-0.4, -0.2) is 4.98 Å². The number of nitrogen functional groups attached to an aromatic ring is 1. The van der Waals surface area contributed by atoms with Gasteiger partial charge in [0.05, 0.1) is 11.4 Å². The van der Waals surface area contributed by atoms with Gasteiger partial charge in [0.2, 0.25) is 0 Å². The van der Waals surface area contributed by atoms with Crippen molar-refractivity contribution < 1.29 is 0 Å². The van der Waals surface area contributed by atoms with Crippen molar-refractivity contribution in [2.24, 2.45) is 0 Å². The van der Waals surface area contributed by atoms with Crippen molar-refractivity contribution in [3.63, 3.8) is 0 Å². The molecule has 0 radical (unpaired) electrons. The zero-order chi connectivity index (χ0) is 11.7. The predicted octanol–water partition coefficient (Wildman–Crippen LogP) is 3.26. The molecule has 82 valence electrons. The van der Waals surface area contributed by atoms with Gasteiger partial charge in [-0.3, -0.25) is 4.98 Å². The Hall–Kier alpha value is -1.83. The molecule has 1 aromatic carbocycles. The molecule has 0 bridgehead atoms. The van der Waals surface area contributed by atoms with Gasteiger partial charge in [-0.05, 0) is 43.5 Å². The van der Waals surface area contributed by atoms with Crippen LogP contribution in [0.5, 0.6) is 0 Å². The highest BCUT2D eigenvalue weighted by Gasteiger charge is 2.02. The van der Waals surface area contributed by atoms with Gasteiger partial charge in [0.25, 0.3) is 0 Å². The van der Waals surface area contributed by atoms with Gasteiger partial charge in [-0.1, -0.05) is 18.2 Å². The summed E-state index contributed by atoms with van der Waals surface area (Å²) in [6.07, 6.45) is 1.87. The number of benzene rings is 1. The minimum Gasteiger partial charge on any atom is -0.397 e. The summed E-state index contributed by atoms with van der Waals surface area (Å²) < 4.78 is 0. The monoisotopic (exact) mass is 212 g/mol. The van der Waals surface area contributed by atoms with Crippen molar-refractivity contribution in [3.8, 4) is 11.1 Å². The average molecular weight is 212 g/mol. The lowest BCUT2D eigenvalue weighted by atomic mass is 10.0. The molecular formula is C14H16N2. The van der Waals surface area contributed by atoms with E-state index in [9.17, 15) is 0 Å². The molecule has 2 nitrogen and oxygen atoms in total. The summed E-state index contributed by atoms with van der Waals surface area (Å²) in [5.74, 6) is 0. The molecule has 2 N–H and O–H groups in total. The van der Waals surface area contributed by atoms with E-state index in [1.807, 2.05) is 19.2 Å². The second-order valence-corrected chi connectivity index (χ2v) is 4.20. The smallest absolute Gasteiger partial charge is 0.0602 e. The molecule has 16 heavy (non-hydrogen) atoms. The van der Waals surface area contributed by atoms with Crippen LogP contribution in [0.4, 0.5) is 5.69 Å². The molecule has 0 atom stereocenters. The first-order chi connectivity index (χ1) is 7.58. The van der Waals surface area contributed by atoms with Gasteiger partial charge in [0.15, 0.2) is 0 Å². The van der Waals surface area contributed by atoms with Crippen molar-refractivity contribution in [2.75, 3.05) is 5.73 Å². The van der Waals surface area contributed by atoms with E-state index >= 15 is 0 Å². The lowest BCUT2D eigenvalue weighted by Crippen LogP contribution is -1.93. The Balaban J connectivity index is 2.50. The average Bonchev–Trinajstić information content (AvgIpc) is 2.26. The fourth-order valence-electron chi connectivity index (χ4n) is 1.63. The Kier molecular flexibility index (Phi) is 2.65. The third-order valence-electron chi connectivity index (χ3n) is 2.97. The number of hydrogen-bond acceptors (Lipinski definition) is 2. The number of aryl methyl sites for hydroxylation is 3. The molecule has 0 saturated heterocycles. The molecule has 0 fully saturated rings. The Bertz CT molecular complexity index is 481. The van der Waals surface area contributed by atoms with E-state index in [2.05, 4.69) is 37.0 Å². The largest absolute Gasteiger partial charge is 0.397 e. The van der Waals surface area contributed by atoms with Crippen LogP contribution in [0.15, 0.2) is 30.5 Å². The van der Waals surface area contributed by atoms with Crippen LogP contribution in [0, 0.1) is 20.8 Å². The van der Waals surface area contributed by atoms with Crippen LogP contribution in [0.25, 0.3) is 11.1 Å². The van der Waals surface area contributed by atoms with Crippen molar-refractivity contribution >= 4 is 5.69 Å². The normalized spacial score (nSPS) is 10.4. The van der Waals surface area contributed by atoms with E-state index in [0.717, 1.165) is 16.9 Å². The molecule has 1 heterocycles. The SMILES string of the molecule is Cc1ccc(-c2cnc(C)c(N)c2)cc1C. The Morgan fingerprint density at radius 3 is 2.31 bits per heavy atom. The summed E-state index contributed by atoms with van der Waals surface area (Å²) in [5.41, 5.74) is 12.3. The van der Waals surface area contributed by atoms with E-state index in [4.69, 9.17) is 5.73 Å². The van der Waals surface area contributed by atoms with Gasteiger partial charge in [-0.25, -0.2) is 0 Å². The molecule has 0 aliphatic heterocycles. The highest BCUT2D eigenvalue weighted by molar-refractivity contribution is 5.68. The summed E-state index contributed by atoms with van der Waals surface area (Å²) in [6, 6.07) is 8.38. The molecule has 0 amide bonds. The topological polar surface area (TPSA) is 38.9 Å². The molecule has 0 unspecified atom stereocenters. The Morgan fingerprint density at radius 2 is 1.69 bits per heavy atom. The van der Waals surface area contributed by atoms with Gasteiger partial charge in [-0.2, -0.15) is 0 Å². The fraction of sp³-hybridized carbons (Fsp3) is 0.214. The van der Waals surface area contributed by atoms with Crippen LogP contribution >= 0.6 is 0 Å². The summed E-state index contributed by atoms with van der Waals surface area (Å²) >= 11 is 0. The minimum atomic E-state index is 0.746. The third kappa shape index (κ3) is 1.91. The molecule has 0 aliphatic carbocycles. The number of rotatable bonds is 1. The Morgan fingerprint density at radius 1 is 0.938 bits per heavy atom. The van der Waals surface area contributed by atoms with Gasteiger partial charge in [-0.15, -0.1) is 0 Å². The summed E-state index contributed by atoms with van der Waals surface area (Å²) in [7, 11) is 0. The van der Waals surface area contributed by atoms with Crippen molar-refractivity contribution in [1.82, 2.24) is 4.98 Å². The van der Waals surface area contributed by atoms with Crippen molar-refractivity contribution in [1.29, 1.82) is 0 Å². The van der Waals surface area contributed by atoms with Crippen LogP contribution in [-0.2, 0) is 0 Å². The summed E-state index contributed by atoms with van der Waals surface area (Å²) in [6.45, 7) is 6.14. The van der Waals surface area contributed by atoms with Crippen LogP contribution in [0.3, 0.4) is 0 Å². The highest BCUT2D eigenvalue weighted by Crippen LogP contribution is 2.23. The van der Waals surface area contributed by atoms with Crippen LogP contribution < -0.4 is 5.73 Å².